The van der Waals surface area contributed by atoms with Gasteiger partial charge in [-0.3, -0.25) is 9.20 Å². The molecule has 1 aromatic carbocycles. The Balaban J connectivity index is 2.38. The lowest BCUT2D eigenvalue weighted by Gasteiger charge is -2.20. The Kier molecular flexibility index (Phi) is 3.14. The highest BCUT2D eigenvalue weighted by Crippen LogP contribution is 2.19. The maximum absolute atomic E-state index is 12.3. The van der Waals surface area contributed by atoms with Gasteiger partial charge in [0.25, 0.3) is 5.56 Å². The van der Waals surface area contributed by atoms with E-state index < -0.39 is 0 Å². The van der Waals surface area contributed by atoms with Gasteiger partial charge in [0.15, 0.2) is 0 Å². The van der Waals surface area contributed by atoms with Crippen LogP contribution in [0.2, 0.25) is 0 Å². The summed E-state index contributed by atoms with van der Waals surface area (Å²) in [6, 6.07) is 11.6. The van der Waals surface area contributed by atoms with Crippen LogP contribution >= 0.6 is 0 Å². The zero-order chi connectivity index (χ0) is 14.1. The molecule has 0 saturated carbocycles. The molecular formula is C16H17N3O. The minimum Gasteiger partial charge on any atom is -0.357 e. The Labute approximate surface area is 117 Å². The largest absolute Gasteiger partial charge is 0.357 e. The van der Waals surface area contributed by atoms with E-state index in [1.54, 1.807) is 16.7 Å². The summed E-state index contributed by atoms with van der Waals surface area (Å²) in [5.41, 5.74) is 0.681. The van der Waals surface area contributed by atoms with Crippen LogP contribution in [0.4, 0.5) is 5.82 Å². The van der Waals surface area contributed by atoms with Crippen molar-refractivity contribution >= 4 is 22.2 Å². The molecule has 3 rings (SSSR count). The Morgan fingerprint density at radius 3 is 2.65 bits per heavy atom. The first-order chi connectivity index (χ1) is 9.74. The smallest absolute Gasteiger partial charge is 0.259 e. The fourth-order valence-corrected chi connectivity index (χ4v) is 2.52. The summed E-state index contributed by atoms with van der Waals surface area (Å²) in [4.78, 5) is 19.1. The van der Waals surface area contributed by atoms with Gasteiger partial charge in [-0.15, -0.1) is 0 Å². The third kappa shape index (κ3) is 1.93. The monoisotopic (exact) mass is 267 g/mol. The van der Waals surface area contributed by atoms with Gasteiger partial charge in [-0.05, 0) is 25.3 Å². The SMILES string of the molecule is CCN(CC)c1cc(=O)n2ccc3ccccc3c2n1. The number of aromatic nitrogens is 2. The van der Waals surface area contributed by atoms with E-state index in [0.29, 0.717) is 0 Å². The standard InChI is InChI=1S/C16H17N3O/c1-3-18(4-2)14-11-15(20)19-10-9-12-7-5-6-8-13(12)16(19)17-14/h5-11H,3-4H2,1-2H3. The lowest BCUT2D eigenvalue weighted by molar-refractivity contribution is 0.840. The van der Waals surface area contributed by atoms with Crippen molar-refractivity contribution in [1.82, 2.24) is 9.38 Å². The predicted octanol–water partition coefficient (Wildman–Crippen LogP) is 2.69. The van der Waals surface area contributed by atoms with Crippen molar-refractivity contribution in [2.45, 2.75) is 13.8 Å². The molecule has 0 radical (unpaired) electrons. The van der Waals surface area contributed by atoms with Crippen LogP contribution in [-0.4, -0.2) is 22.5 Å². The highest BCUT2D eigenvalue weighted by atomic mass is 16.1. The molecule has 4 nitrogen and oxygen atoms in total. The third-order valence-electron chi connectivity index (χ3n) is 3.63. The molecule has 0 fully saturated rings. The number of nitrogens with zero attached hydrogens (tertiary/aromatic N) is 3. The van der Waals surface area contributed by atoms with Crippen molar-refractivity contribution in [3.8, 4) is 0 Å². The number of fused-ring (bicyclic) bond motifs is 3. The van der Waals surface area contributed by atoms with E-state index in [4.69, 9.17) is 4.98 Å². The molecule has 0 saturated heterocycles. The number of hydrogen-bond acceptors (Lipinski definition) is 3. The van der Waals surface area contributed by atoms with E-state index in [9.17, 15) is 4.79 Å². The topological polar surface area (TPSA) is 37.6 Å². The van der Waals surface area contributed by atoms with Crippen molar-refractivity contribution < 1.29 is 0 Å². The fourth-order valence-electron chi connectivity index (χ4n) is 2.52. The minimum atomic E-state index is -0.0392. The van der Waals surface area contributed by atoms with Gasteiger partial charge >= 0.3 is 0 Å². The van der Waals surface area contributed by atoms with Crippen molar-refractivity contribution in [3.05, 3.63) is 52.9 Å². The highest BCUT2D eigenvalue weighted by Gasteiger charge is 2.09. The molecule has 2 aromatic heterocycles. The molecule has 0 unspecified atom stereocenters. The van der Waals surface area contributed by atoms with E-state index in [1.165, 1.54) is 0 Å². The van der Waals surface area contributed by atoms with Gasteiger partial charge < -0.3 is 4.90 Å². The number of pyridine rings is 1. The molecule has 0 aliphatic carbocycles. The Hall–Kier alpha value is -2.36. The first kappa shape index (κ1) is 12.7. The summed E-state index contributed by atoms with van der Waals surface area (Å²) in [6.07, 6.45) is 1.79. The van der Waals surface area contributed by atoms with Crippen molar-refractivity contribution in [1.29, 1.82) is 0 Å². The fraction of sp³-hybridized carbons (Fsp3) is 0.250. The van der Waals surface area contributed by atoms with Gasteiger partial charge in [0, 0.05) is 30.7 Å². The lowest BCUT2D eigenvalue weighted by Crippen LogP contribution is -2.26. The number of benzene rings is 1. The average molecular weight is 267 g/mol. The quantitative estimate of drug-likeness (QED) is 0.685. The highest BCUT2D eigenvalue weighted by molar-refractivity contribution is 5.93. The summed E-state index contributed by atoms with van der Waals surface area (Å²) in [6.45, 7) is 5.81. The Morgan fingerprint density at radius 1 is 1.15 bits per heavy atom. The maximum Gasteiger partial charge on any atom is 0.259 e. The zero-order valence-electron chi connectivity index (χ0n) is 11.7. The molecule has 0 bridgehead atoms. The minimum absolute atomic E-state index is 0.0392. The molecule has 4 heteroatoms. The van der Waals surface area contributed by atoms with Crippen molar-refractivity contribution in [3.63, 3.8) is 0 Å². The molecule has 3 aromatic rings. The first-order valence-electron chi connectivity index (χ1n) is 6.90. The van der Waals surface area contributed by atoms with Gasteiger partial charge in [0.05, 0.1) is 0 Å². The predicted molar refractivity (Wildman–Crippen MR) is 82.5 cm³/mol. The van der Waals surface area contributed by atoms with Crippen LogP contribution in [-0.2, 0) is 0 Å². The summed E-state index contributed by atoms with van der Waals surface area (Å²) in [7, 11) is 0. The van der Waals surface area contributed by atoms with Crippen LogP contribution in [0.1, 0.15) is 13.8 Å². The first-order valence-corrected chi connectivity index (χ1v) is 6.90. The summed E-state index contributed by atoms with van der Waals surface area (Å²) >= 11 is 0. The van der Waals surface area contributed by atoms with E-state index in [2.05, 4.69) is 18.7 Å². The Morgan fingerprint density at radius 2 is 1.90 bits per heavy atom. The molecular weight excluding hydrogens is 250 g/mol. The van der Waals surface area contributed by atoms with E-state index >= 15 is 0 Å². The van der Waals surface area contributed by atoms with Crippen LogP contribution in [0.3, 0.4) is 0 Å². The van der Waals surface area contributed by atoms with Gasteiger partial charge in [-0.2, -0.15) is 0 Å². The molecule has 0 N–H and O–H groups in total. The summed E-state index contributed by atoms with van der Waals surface area (Å²) in [5, 5.41) is 2.09. The number of hydrogen-bond donors (Lipinski definition) is 0. The second kappa shape index (κ2) is 4.96. The third-order valence-corrected chi connectivity index (χ3v) is 3.63. The van der Waals surface area contributed by atoms with Crippen molar-refractivity contribution in [2.75, 3.05) is 18.0 Å². The van der Waals surface area contributed by atoms with Crippen LogP contribution in [0.15, 0.2) is 47.4 Å². The van der Waals surface area contributed by atoms with E-state index in [0.717, 1.165) is 35.3 Å². The molecule has 0 aliphatic rings. The van der Waals surface area contributed by atoms with Gasteiger partial charge in [0.2, 0.25) is 0 Å². The second-order valence-corrected chi connectivity index (χ2v) is 4.72. The normalized spacial score (nSPS) is 11.1. The Bertz CT molecular complexity index is 819. The second-order valence-electron chi connectivity index (χ2n) is 4.72. The van der Waals surface area contributed by atoms with Gasteiger partial charge in [-0.25, -0.2) is 4.98 Å². The summed E-state index contributed by atoms with van der Waals surface area (Å²) < 4.78 is 1.61. The van der Waals surface area contributed by atoms with Gasteiger partial charge in [0.1, 0.15) is 11.5 Å². The van der Waals surface area contributed by atoms with E-state index in [1.807, 2.05) is 30.3 Å². The lowest BCUT2D eigenvalue weighted by atomic mass is 10.1. The molecule has 102 valence electrons. The zero-order valence-corrected chi connectivity index (χ0v) is 11.7. The number of rotatable bonds is 3. The molecule has 0 aliphatic heterocycles. The molecule has 2 heterocycles. The molecule has 0 atom stereocenters. The molecule has 20 heavy (non-hydrogen) atoms. The van der Waals surface area contributed by atoms with Crippen LogP contribution < -0.4 is 10.5 Å². The number of anilines is 1. The van der Waals surface area contributed by atoms with Crippen LogP contribution in [0.5, 0.6) is 0 Å². The molecule has 0 amide bonds. The maximum atomic E-state index is 12.3. The summed E-state index contributed by atoms with van der Waals surface area (Å²) in [5.74, 6) is 0.747. The van der Waals surface area contributed by atoms with Gasteiger partial charge in [-0.1, -0.05) is 24.3 Å². The van der Waals surface area contributed by atoms with Crippen LogP contribution in [0.25, 0.3) is 16.4 Å². The van der Waals surface area contributed by atoms with Crippen LogP contribution in [0, 0.1) is 0 Å². The van der Waals surface area contributed by atoms with E-state index in [-0.39, 0.29) is 5.56 Å². The average Bonchev–Trinajstić information content (AvgIpc) is 2.48. The van der Waals surface area contributed by atoms with Crippen molar-refractivity contribution in [2.24, 2.45) is 0 Å². The molecule has 0 spiro atoms.